The summed E-state index contributed by atoms with van der Waals surface area (Å²) >= 11 is 0. The molecule has 2 nitrogen and oxygen atoms in total. The monoisotopic (exact) mass is 235 g/mol. The summed E-state index contributed by atoms with van der Waals surface area (Å²) in [5.74, 6) is 0. The fraction of sp³-hybridized carbons (Fsp3) is 0.600. The Bertz CT molecular complexity index is 345. The Labute approximate surface area is 105 Å². The van der Waals surface area contributed by atoms with Gasteiger partial charge in [0.05, 0.1) is 5.60 Å². The lowest BCUT2D eigenvalue weighted by Crippen LogP contribution is -2.40. The van der Waals surface area contributed by atoms with Crippen molar-refractivity contribution in [3.8, 4) is 0 Å². The molecular formula is C15H25NO. The molecule has 0 heterocycles. The smallest absolute Gasteiger partial charge is 0.0766 e. The van der Waals surface area contributed by atoms with E-state index in [1.807, 2.05) is 13.8 Å². The van der Waals surface area contributed by atoms with Crippen molar-refractivity contribution >= 4 is 0 Å². The topological polar surface area (TPSA) is 32.3 Å². The molecule has 0 aromatic heterocycles. The van der Waals surface area contributed by atoms with Crippen LogP contribution >= 0.6 is 0 Å². The van der Waals surface area contributed by atoms with Gasteiger partial charge in [0.25, 0.3) is 0 Å². The van der Waals surface area contributed by atoms with E-state index in [0.29, 0.717) is 6.54 Å². The van der Waals surface area contributed by atoms with Crippen molar-refractivity contribution < 1.29 is 5.11 Å². The van der Waals surface area contributed by atoms with Crippen molar-refractivity contribution in [2.45, 2.75) is 52.2 Å². The standard InChI is InChI=1S/C15H25NO/c1-5-15(17,6-2)11-16-13(4)14-10-8-7-9-12(14)3/h7-10,13,16-17H,5-6,11H2,1-4H3/t13-/m0/s1. The van der Waals surface area contributed by atoms with Gasteiger partial charge in [-0.3, -0.25) is 0 Å². The Morgan fingerprint density at radius 3 is 2.35 bits per heavy atom. The summed E-state index contributed by atoms with van der Waals surface area (Å²) in [5.41, 5.74) is 2.03. The van der Waals surface area contributed by atoms with Crippen molar-refractivity contribution in [3.05, 3.63) is 35.4 Å². The van der Waals surface area contributed by atoms with E-state index in [4.69, 9.17) is 0 Å². The van der Waals surface area contributed by atoms with E-state index in [1.165, 1.54) is 11.1 Å². The van der Waals surface area contributed by atoms with Gasteiger partial charge in [0.15, 0.2) is 0 Å². The molecule has 1 aromatic carbocycles. The molecule has 1 rings (SSSR count). The average molecular weight is 235 g/mol. The van der Waals surface area contributed by atoms with Gasteiger partial charge in [-0.1, -0.05) is 38.1 Å². The molecule has 0 unspecified atom stereocenters. The second-order valence-electron chi connectivity index (χ2n) is 4.89. The van der Waals surface area contributed by atoms with E-state index in [2.05, 4.69) is 43.4 Å². The van der Waals surface area contributed by atoms with Gasteiger partial charge in [-0.05, 0) is 37.8 Å². The predicted molar refractivity (Wildman–Crippen MR) is 73.1 cm³/mol. The van der Waals surface area contributed by atoms with Crippen LogP contribution in [-0.2, 0) is 0 Å². The quantitative estimate of drug-likeness (QED) is 0.793. The molecule has 0 aliphatic heterocycles. The lowest BCUT2D eigenvalue weighted by molar-refractivity contribution is 0.0303. The van der Waals surface area contributed by atoms with Gasteiger partial charge in [-0.15, -0.1) is 0 Å². The third-order valence-corrected chi connectivity index (χ3v) is 3.71. The molecule has 0 aliphatic rings. The molecular weight excluding hydrogens is 210 g/mol. The number of benzene rings is 1. The second-order valence-corrected chi connectivity index (χ2v) is 4.89. The summed E-state index contributed by atoms with van der Waals surface area (Å²) in [6, 6.07) is 8.66. The molecule has 17 heavy (non-hydrogen) atoms. The van der Waals surface area contributed by atoms with Crippen molar-refractivity contribution in [1.82, 2.24) is 5.32 Å². The molecule has 96 valence electrons. The molecule has 0 radical (unpaired) electrons. The zero-order chi connectivity index (χ0) is 12.9. The highest BCUT2D eigenvalue weighted by Gasteiger charge is 2.22. The molecule has 0 saturated heterocycles. The molecule has 0 saturated carbocycles. The van der Waals surface area contributed by atoms with Crippen molar-refractivity contribution in [2.24, 2.45) is 0 Å². The summed E-state index contributed by atoms with van der Waals surface area (Å²) in [6.45, 7) is 8.98. The number of aliphatic hydroxyl groups is 1. The first kappa shape index (κ1) is 14.2. The first-order valence-corrected chi connectivity index (χ1v) is 6.53. The van der Waals surface area contributed by atoms with Gasteiger partial charge in [0.1, 0.15) is 0 Å². The zero-order valence-electron chi connectivity index (χ0n) is 11.5. The maximum Gasteiger partial charge on any atom is 0.0766 e. The SMILES string of the molecule is CCC(O)(CC)CN[C@@H](C)c1ccccc1C. The molecule has 0 fully saturated rings. The first-order valence-electron chi connectivity index (χ1n) is 6.53. The Balaban J connectivity index is 2.62. The van der Waals surface area contributed by atoms with E-state index in [9.17, 15) is 5.11 Å². The number of rotatable bonds is 6. The zero-order valence-corrected chi connectivity index (χ0v) is 11.5. The second kappa shape index (κ2) is 6.18. The number of aryl methyl sites for hydroxylation is 1. The normalized spacial score (nSPS) is 13.7. The van der Waals surface area contributed by atoms with Crippen LogP contribution < -0.4 is 5.32 Å². The Hall–Kier alpha value is -0.860. The Morgan fingerprint density at radius 1 is 1.24 bits per heavy atom. The fourth-order valence-electron chi connectivity index (χ4n) is 2.03. The van der Waals surface area contributed by atoms with Crippen LogP contribution in [0.25, 0.3) is 0 Å². The number of hydrogen-bond donors (Lipinski definition) is 2. The summed E-state index contributed by atoms with van der Waals surface area (Å²) in [6.07, 6.45) is 1.58. The van der Waals surface area contributed by atoms with Crippen molar-refractivity contribution in [1.29, 1.82) is 0 Å². The summed E-state index contributed by atoms with van der Waals surface area (Å²) in [7, 11) is 0. The van der Waals surface area contributed by atoms with Gasteiger partial charge >= 0.3 is 0 Å². The molecule has 0 aliphatic carbocycles. The van der Waals surface area contributed by atoms with Crippen LogP contribution in [0.15, 0.2) is 24.3 Å². The molecule has 2 heteroatoms. The molecule has 0 bridgehead atoms. The molecule has 1 atom stereocenters. The Morgan fingerprint density at radius 2 is 1.82 bits per heavy atom. The van der Waals surface area contributed by atoms with Crippen molar-refractivity contribution in [3.63, 3.8) is 0 Å². The number of hydrogen-bond acceptors (Lipinski definition) is 2. The van der Waals surface area contributed by atoms with Gasteiger partial charge in [0.2, 0.25) is 0 Å². The van der Waals surface area contributed by atoms with E-state index < -0.39 is 5.60 Å². The molecule has 2 N–H and O–H groups in total. The van der Waals surface area contributed by atoms with Gasteiger partial charge in [-0.25, -0.2) is 0 Å². The number of nitrogens with one attached hydrogen (secondary N) is 1. The van der Waals surface area contributed by atoms with Gasteiger partial charge in [-0.2, -0.15) is 0 Å². The Kier molecular flexibility index (Phi) is 5.16. The summed E-state index contributed by atoms with van der Waals surface area (Å²) < 4.78 is 0. The first-order chi connectivity index (χ1) is 8.02. The third kappa shape index (κ3) is 3.83. The molecule has 0 amide bonds. The van der Waals surface area contributed by atoms with Gasteiger partial charge in [0, 0.05) is 12.6 Å². The maximum atomic E-state index is 10.2. The minimum atomic E-state index is -0.572. The fourth-order valence-corrected chi connectivity index (χ4v) is 2.03. The average Bonchev–Trinajstić information content (AvgIpc) is 2.36. The van der Waals surface area contributed by atoms with Crippen molar-refractivity contribution in [2.75, 3.05) is 6.54 Å². The minimum absolute atomic E-state index is 0.279. The largest absolute Gasteiger partial charge is 0.389 e. The highest BCUT2D eigenvalue weighted by molar-refractivity contribution is 5.28. The van der Waals surface area contributed by atoms with E-state index in [0.717, 1.165) is 12.8 Å². The maximum absolute atomic E-state index is 10.2. The van der Waals surface area contributed by atoms with E-state index in [1.54, 1.807) is 0 Å². The van der Waals surface area contributed by atoms with Crippen LogP contribution in [0.1, 0.15) is 50.8 Å². The highest BCUT2D eigenvalue weighted by Crippen LogP contribution is 2.19. The van der Waals surface area contributed by atoms with Gasteiger partial charge < -0.3 is 10.4 Å². The van der Waals surface area contributed by atoms with Crippen LogP contribution in [0.4, 0.5) is 0 Å². The lowest BCUT2D eigenvalue weighted by atomic mass is 9.96. The highest BCUT2D eigenvalue weighted by atomic mass is 16.3. The predicted octanol–water partition coefficient (Wildman–Crippen LogP) is 3.20. The van der Waals surface area contributed by atoms with Crippen LogP contribution in [-0.4, -0.2) is 17.3 Å². The summed E-state index contributed by atoms with van der Waals surface area (Å²) in [5, 5.41) is 13.7. The van der Waals surface area contributed by atoms with E-state index in [-0.39, 0.29) is 6.04 Å². The van der Waals surface area contributed by atoms with Crippen LogP contribution in [0, 0.1) is 6.92 Å². The van der Waals surface area contributed by atoms with Crippen LogP contribution in [0.5, 0.6) is 0 Å². The lowest BCUT2D eigenvalue weighted by Gasteiger charge is -2.28. The minimum Gasteiger partial charge on any atom is -0.389 e. The molecule has 0 spiro atoms. The third-order valence-electron chi connectivity index (χ3n) is 3.71. The van der Waals surface area contributed by atoms with Crippen LogP contribution in [0.2, 0.25) is 0 Å². The molecule has 1 aromatic rings. The summed E-state index contributed by atoms with van der Waals surface area (Å²) in [4.78, 5) is 0. The van der Waals surface area contributed by atoms with E-state index >= 15 is 0 Å². The van der Waals surface area contributed by atoms with Crippen LogP contribution in [0.3, 0.4) is 0 Å².